The molecule has 4 nitrogen and oxygen atoms in total. The lowest BCUT2D eigenvalue weighted by molar-refractivity contribution is 0.0532. The van der Waals surface area contributed by atoms with Crippen LogP contribution in [0, 0.1) is 0 Å². The zero-order chi connectivity index (χ0) is 24.8. The second kappa shape index (κ2) is 11.2. The van der Waals surface area contributed by atoms with Gasteiger partial charge in [0, 0.05) is 10.4 Å². The van der Waals surface area contributed by atoms with Crippen LogP contribution in [0.3, 0.4) is 0 Å². The van der Waals surface area contributed by atoms with Gasteiger partial charge in [-0.1, -0.05) is 35.4 Å². The minimum atomic E-state index is -0.300. The molecule has 0 fully saturated rings. The lowest BCUT2D eigenvalue weighted by atomic mass is 9.89. The Morgan fingerprint density at radius 3 is 1.65 bits per heavy atom. The van der Waals surface area contributed by atoms with E-state index in [1.807, 2.05) is 37.3 Å². The molecule has 0 bridgehead atoms. The fourth-order valence-electron chi connectivity index (χ4n) is 3.94. The lowest BCUT2D eigenvalue weighted by Crippen LogP contribution is -2.01. The Morgan fingerprint density at radius 2 is 1.24 bits per heavy atom. The smallest absolute Gasteiger partial charge is 0.348 e. The Balaban J connectivity index is 2.27. The van der Waals surface area contributed by atoms with Crippen LogP contribution in [-0.4, -0.2) is 26.8 Å². The summed E-state index contributed by atoms with van der Waals surface area (Å²) in [6, 6.07) is 18.0. The molecule has 0 amide bonds. The summed E-state index contributed by atoms with van der Waals surface area (Å²) >= 11 is 1.47. The first-order valence-electron chi connectivity index (χ1n) is 11.3. The van der Waals surface area contributed by atoms with Crippen molar-refractivity contribution in [3.63, 3.8) is 0 Å². The van der Waals surface area contributed by atoms with Crippen LogP contribution >= 0.6 is 11.3 Å². The largest absolute Gasteiger partial charge is 0.497 e. The first kappa shape index (κ1) is 25.3. The number of carbonyl (C=O) groups excluding carboxylic acids is 1. The topological polar surface area (TPSA) is 44.8 Å². The van der Waals surface area contributed by atoms with Gasteiger partial charge in [-0.2, -0.15) is 0 Å². The maximum Gasteiger partial charge on any atom is 0.348 e. The van der Waals surface area contributed by atoms with E-state index in [2.05, 4.69) is 52.0 Å². The molecular weight excluding hydrogens is 444 g/mol. The van der Waals surface area contributed by atoms with E-state index in [0.29, 0.717) is 11.5 Å². The number of thiophene rings is 1. The van der Waals surface area contributed by atoms with Crippen LogP contribution in [0.5, 0.6) is 11.5 Å². The normalized spacial score (nSPS) is 10.4. The van der Waals surface area contributed by atoms with E-state index >= 15 is 0 Å². The summed E-state index contributed by atoms with van der Waals surface area (Å²) in [7, 11) is 3.32. The summed E-state index contributed by atoms with van der Waals surface area (Å²) in [6.07, 6.45) is 0. The maximum absolute atomic E-state index is 12.8. The zero-order valence-corrected chi connectivity index (χ0v) is 21.8. The molecule has 0 saturated heterocycles. The predicted octanol–water partition coefficient (Wildman–Crippen LogP) is 7.63. The Kier molecular flexibility index (Phi) is 8.35. The fourth-order valence-corrected chi connectivity index (χ4v) is 5.17. The summed E-state index contributed by atoms with van der Waals surface area (Å²) in [5, 5.41) is 0. The maximum atomic E-state index is 12.8. The molecule has 3 aromatic rings. The monoisotopic (exact) mass is 476 g/mol. The minimum absolute atomic E-state index is 0.300. The first-order chi connectivity index (χ1) is 16.3. The third kappa shape index (κ3) is 5.42. The van der Waals surface area contributed by atoms with Crippen molar-refractivity contribution < 1.29 is 19.0 Å². The molecule has 5 heteroatoms. The molecule has 178 valence electrons. The lowest BCUT2D eigenvalue weighted by Gasteiger charge is -2.16. The highest BCUT2D eigenvalue weighted by Crippen LogP contribution is 2.42. The van der Waals surface area contributed by atoms with Gasteiger partial charge in [0.05, 0.1) is 20.8 Å². The summed E-state index contributed by atoms with van der Waals surface area (Å²) < 4.78 is 16.1. The molecule has 0 N–H and O–H groups in total. The summed E-state index contributed by atoms with van der Waals surface area (Å²) in [4.78, 5) is 14.4. The van der Waals surface area contributed by atoms with Crippen LogP contribution in [0.1, 0.15) is 65.9 Å². The Bertz CT molecular complexity index is 1120. The number of methoxy groups -OCH3 is 2. The molecule has 1 aromatic heterocycles. The van der Waals surface area contributed by atoms with E-state index in [1.165, 1.54) is 11.3 Å². The highest BCUT2D eigenvalue weighted by atomic mass is 32.1. The average molecular weight is 477 g/mol. The van der Waals surface area contributed by atoms with Crippen LogP contribution < -0.4 is 9.47 Å². The number of ether oxygens (including phenoxy) is 3. The van der Waals surface area contributed by atoms with Crippen LogP contribution in [-0.2, 0) is 4.74 Å². The molecule has 0 spiro atoms. The van der Waals surface area contributed by atoms with E-state index in [-0.39, 0.29) is 5.97 Å². The molecule has 0 aliphatic heterocycles. The third-order valence-electron chi connectivity index (χ3n) is 5.46. The van der Waals surface area contributed by atoms with Gasteiger partial charge in [-0.3, -0.25) is 0 Å². The Morgan fingerprint density at radius 1 is 0.765 bits per heavy atom. The highest BCUT2D eigenvalue weighted by molar-refractivity contribution is 7.15. The minimum Gasteiger partial charge on any atom is -0.497 e. The van der Waals surface area contributed by atoms with E-state index in [9.17, 15) is 4.79 Å². The van der Waals surface area contributed by atoms with Gasteiger partial charge in [0.15, 0.2) is 0 Å². The van der Waals surface area contributed by atoms with Gasteiger partial charge in [0.2, 0.25) is 0 Å². The molecule has 34 heavy (non-hydrogen) atoms. The van der Waals surface area contributed by atoms with E-state index < -0.39 is 0 Å². The fraction of sp³-hybridized carbons (Fsp3) is 0.276. The molecule has 2 aromatic carbocycles. The van der Waals surface area contributed by atoms with E-state index in [0.717, 1.165) is 55.4 Å². The van der Waals surface area contributed by atoms with Crippen LogP contribution in [0.25, 0.3) is 11.1 Å². The summed E-state index contributed by atoms with van der Waals surface area (Å²) in [6.45, 7) is 10.6. The zero-order valence-electron chi connectivity index (χ0n) is 20.9. The molecular formula is C29H32O4S. The summed E-state index contributed by atoms with van der Waals surface area (Å²) in [5.41, 5.74) is 7.67. The number of benzene rings is 2. The molecule has 0 unspecified atom stereocenters. The molecule has 3 rings (SSSR count). The van der Waals surface area contributed by atoms with Crippen molar-refractivity contribution in [1.29, 1.82) is 0 Å². The van der Waals surface area contributed by atoms with Crippen molar-refractivity contribution >= 4 is 28.5 Å². The SMILES string of the molecule is CCOC(=O)c1cc(C(=C(C)C)c2ccc(OC)cc2)c(C(=C(C)C)c2ccc(OC)cc2)s1. The van der Waals surface area contributed by atoms with Crippen molar-refractivity contribution in [2.24, 2.45) is 0 Å². The van der Waals surface area contributed by atoms with E-state index in [1.54, 1.807) is 14.2 Å². The summed E-state index contributed by atoms with van der Waals surface area (Å²) in [5.74, 6) is 1.31. The van der Waals surface area contributed by atoms with E-state index in [4.69, 9.17) is 14.2 Å². The van der Waals surface area contributed by atoms with Gasteiger partial charge in [0.25, 0.3) is 0 Å². The Labute approximate surface area is 206 Å². The number of hydrogen-bond donors (Lipinski definition) is 0. The number of allylic oxidation sites excluding steroid dienone is 2. The number of carbonyl (C=O) groups is 1. The van der Waals surface area contributed by atoms with Gasteiger partial charge in [-0.25, -0.2) is 4.79 Å². The first-order valence-corrected chi connectivity index (χ1v) is 12.1. The van der Waals surface area contributed by atoms with Gasteiger partial charge in [0.1, 0.15) is 16.4 Å². The second-order valence-electron chi connectivity index (χ2n) is 8.28. The molecule has 0 aliphatic rings. The van der Waals surface area contributed by atoms with Gasteiger partial charge in [-0.05, 0) is 87.2 Å². The van der Waals surface area contributed by atoms with Crippen molar-refractivity contribution in [2.75, 3.05) is 20.8 Å². The number of hydrogen-bond acceptors (Lipinski definition) is 5. The van der Waals surface area contributed by atoms with Crippen LogP contribution in [0.15, 0.2) is 65.7 Å². The van der Waals surface area contributed by atoms with Gasteiger partial charge in [-0.15, -0.1) is 11.3 Å². The van der Waals surface area contributed by atoms with Crippen molar-refractivity contribution in [3.05, 3.63) is 92.2 Å². The van der Waals surface area contributed by atoms with Crippen LogP contribution in [0.2, 0.25) is 0 Å². The van der Waals surface area contributed by atoms with Crippen LogP contribution in [0.4, 0.5) is 0 Å². The quantitative estimate of drug-likeness (QED) is 0.314. The van der Waals surface area contributed by atoms with Crippen molar-refractivity contribution in [2.45, 2.75) is 34.6 Å². The van der Waals surface area contributed by atoms with Crippen molar-refractivity contribution in [1.82, 2.24) is 0 Å². The van der Waals surface area contributed by atoms with Gasteiger partial charge < -0.3 is 14.2 Å². The second-order valence-corrected chi connectivity index (χ2v) is 9.33. The highest BCUT2D eigenvalue weighted by Gasteiger charge is 2.23. The standard InChI is InChI=1S/C29H32O4S/c1-8-33-29(30)25-17-24(26(18(2)3)20-9-13-22(31-6)14-10-20)28(34-25)27(19(4)5)21-11-15-23(32-7)16-12-21/h9-17H,8H2,1-7H3. The molecule has 0 atom stereocenters. The Hall–Kier alpha value is -3.31. The molecule has 1 heterocycles. The molecule has 0 saturated carbocycles. The van der Waals surface area contributed by atoms with Crippen molar-refractivity contribution in [3.8, 4) is 11.5 Å². The van der Waals surface area contributed by atoms with Gasteiger partial charge >= 0.3 is 5.97 Å². The number of rotatable bonds is 8. The number of esters is 1. The molecule has 0 aliphatic carbocycles. The molecule has 0 radical (unpaired) electrons. The average Bonchev–Trinajstić information content (AvgIpc) is 3.24. The predicted molar refractivity (Wildman–Crippen MR) is 141 cm³/mol. The third-order valence-corrected chi connectivity index (χ3v) is 6.60.